The second-order valence-electron chi connectivity index (χ2n) is 8.80. The summed E-state index contributed by atoms with van der Waals surface area (Å²) in [5.74, 6) is 2.40. The molecule has 2 N–H and O–H groups in total. The van der Waals surface area contributed by atoms with E-state index in [1.807, 2.05) is 0 Å². The van der Waals surface area contributed by atoms with Crippen LogP contribution >= 0.6 is 0 Å². The van der Waals surface area contributed by atoms with E-state index in [4.69, 9.17) is 5.73 Å². The Kier molecular flexibility index (Phi) is 5.72. The van der Waals surface area contributed by atoms with Gasteiger partial charge >= 0.3 is 0 Å². The SMILES string of the molecule is CN1CCC(CN(C)C2CC(C(C)(C)C)CCC2CN)C1. The molecule has 3 nitrogen and oxygen atoms in total. The molecule has 2 fully saturated rings. The first-order chi connectivity index (χ1) is 9.81. The first kappa shape index (κ1) is 17.2. The Morgan fingerprint density at radius 2 is 1.90 bits per heavy atom. The zero-order valence-corrected chi connectivity index (χ0v) is 14.9. The maximum absolute atomic E-state index is 6.08. The van der Waals surface area contributed by atoms with Crippen molar-refractivity contribution >= 4 is 0 Å². The van der Waals surface area contributed by atoms with Gasteiger partial charge in [-0.3, -0.25) is 0 Å². The minimum absolute atomic E-state index is 0.437. The lowest BCUT2D eigenvalue weighted by molar-refractivity contribution is 0.0521. The van der Waals surface area contributed by atoms with Gasteiger partial charge in [-0.1, -0.05) is 20.8 Å². The van der Waals surface area contributed by atoms with Gasteiger partial charge in [-0.25, -0.2) is 0 Å². The normalized spacial score (nSPS) is 35.6. The van der Waals surface area contributed by atoms with Crippen LogP contribution in [-0.4, -0.2) is 56.1 Å². The van der Waals surface area contributed by atoms with Crippen LogP contribution in [0.2, 0.25) is 0 Å². The van der Waals surface area contributed by atoms with Crippen LogP contribution in [0.25, 0.3) is 0 Å². The molecule has 0 aromatic rings. The Hall–Kier alpha value is -0.120. The molecule has 1 heterocycles. The fourth-order valence-corrected chi connectivity index (χ4v) is 4.53. The highest BCUT2D eigenvalue weighted by molar-refractivity contribution is 4.91. The van der Waals surface area contributed by atoms with Crippen molar-refractivity contribution < 1.29 is 0 Å². The van der Waals surface area contributed by atoms with Crippen molar-refractivity contribution in [3.05, 3.63) is 0 Å². The monoisotopic (exact) mass is 295 g/mol. The zero-order valence-electron chi connectivity index (χ0n) is 14.9. The second-order valence-corrected chi connectivity index (χ2v) is 8.80. The molecular formula is C18H37N3. The molecule has 0 radical (unpaired) electrons. The molecule has 2 rings (SSSR count). The number of rotatable bonds is 4. The van der Waals surface area contributed by atoms with Crippen molar-refractivity contribution in [3.8, 4) is 0 Å². The van der Waals surface area contributed by atoms with E-state index in [1.165, 1.54) is 45.3 Å². The molecule has 4 atom stereocenters. The summed E-state index contributed by atoms with van der Waals surface area (Å²) in [5.41, 5.74) is 6.52. The Bertz CT molecular complexity index is 323. The minimum Gasteiger partial charge on any atom is -0.330 e. The fraction of sp³-hybridized carbons (Fsp3) is 1.00. The van der Waals surface area contributed by atoms with Gasteiger partial charge < -0.3 is 15.5 Å². The molecule has 1 saturated carbocycles. The summed E-state index contributed by atoms with van der Waals surface area (Å²) in [7, 11) is 4.59. The molecule has 1 saturated heterocycles. The van der Waals surface area contributed by atoms with Gasteiger partial charge in [0.15, 0.2) is 0 Å². The van der Waals surface area contributed by atoms with Crippen LogP contribution in [0.4, 0.5) is 0 Å². The van der Waals surface area contributed by atoms with Crippen molar-refractivity contribution in [2.75, 3.05) is 40.3 Å². The highest BCUT2D eigenvalue weighted by Crippen LogP contribution is 2.41. The quantitative estimate of drug-likeness (QED) is 0.865. The van der Waals surface area contributed by atoms with Gasteiger partial charge in [-0.15, -0.1) is 0 Å². The summed E-state index contributed by atoms with van der Waals surface area (Å²) in [6, 6.07) is 0.693. The van der Waals surface area contributed by atoms with Crippen LogP contribution in [0.15, 0.2) is 0 Å². The summed E-state index contributed by atoms with van der Waals surface area (Å²) in [6.45, 7) is 11.9. The van der Waals surface area contributed by atoms with Gasteiger partial charge in [0.2, 0.25) is 0 Å². The average molecular weight is 296 g/mol. The third-order valence-corrected chi connectivity index (χ3v) is 6.08. The smallest absolute Gasteiger partial charge is 0.0135 e. The molecule has 1 aliphatic heterocycles. The molecule has 0 amide bonds. The van der Waals surface area contributed by atoms with Crippen LogP contribution in [-0.2, 0) is 0 Å². The molecule has 0 aromatic carbocycles. The van der Waals surface area contributed by atoms with E-state index >= 15 is 0 Å². The van der Waals surface area contributed by atoms with E-state index < -0.39 is 0 Å². The van der Waals surface area contributed by atoms with E-state index in [2.05, 4.69) is 44.7 Å². The number of nitrogens with zero attached hydrogens (tertiary/aromatic N) is 2. The summed E-state index contributed by atoms with van der Waals surface area (Å²) in [4.78, 5) is 5.12. The lowest BCUT2D eigenvalue weighted by Gasteiger charge is -2.45. The van der Waals surface area contributed by atoms with Gasteiger partial charge in [-0.05, 0) is 76.0 Å². The van der Waals surface area contributed by atoms with Gasteiger partial charge in [-0.2, -0.15) is 0 Å². The van der Waals surface area contributed by atoms with Crippen molar-refractivity contribution in [2.45, 2.75) is 52.5 Å². The molecule has 21 heavy (non-hydrogen) atoms. The summed E-state index contributed by atoms with van der Waals surface area (Å²) in [6.07, 6.45) is 5.38. The van der Waals surface area contributed by atoms with Crippen molar-refractivity contribution in [1.82, 2.24) is 9.80 Å². The summed E-state index contributed by atoms with van der Waals surface area (Å²) in [5, 5.41) is 0. The Labute approximate surface area is 132 Å². The first-order valence-corrected chi connectivity index (χ1v) is 8.90. The summed E-state index contributed by atoms with van der Waals surface area (Å²) < 4.78 is 0. The van der Waals surface area contributed by atoms with Crippen LogP contribution in [0.1, 0.15) is 46.5 Å². The molecule has 0 spiro atoms. The Balaban J connectivity index is 1.96. The van der Waals surface area contributed by atoms with Gasteiger partial charge in [0.25, 0.3) is 0 Å². The lowest BCUT2D eigenvalue weighted by Crippen LogP contribution is -2.48. The van der Waals surface area contributed by atoms with Crippen molar-refractivity contribution in [2.24, 2.45) is 28.9 Å². The third-order valence-electron chi connectivity index (χ3n) is 6.08. The molecule has 0 bridgehead atoms. The number of hydrogen-bond acceptors (Lipinski definition) is 3. The van der Waals surface area contributed by atoms with Gasteiger partial charge in [0.1, 0.15) is 0 Å². The first-order valence-electron chi connectivity index (χ1n) is 8.90. The molecule has 0 aromatic heterocycles. The largest absolute Gasteiger partial charge is 0.330 e. The van der Waals surface area contributed by atoms with E-state index in [-0.39, 0.29) is 0 Å². The van der Waals surface area contributed by atoms with E-state index in [9.17, 15) is 0 Å². The van der Waals surface area contributed by atoms with Gasteiger partial charge in [0.05, 0.1) is 0 Å². The second kappa shape index (κ2) is 6.97. The minimum atomic E-state index is 0.437. The Morgan fingerprint density at radius 3 is 2.43 bits per heavy atom. The van der Waals surface area contributed by atoms with Crippen molar-refractivity contribution in [1.29, 1.82) is 0 Å². The van der Waals surface area contributed by atoms with Gasteiger partial charge in [0, 0.05) is 19.1 Å². The van der Waals surface area contributed by atoms with Crippen LogP contribution in [0, 0.1) is 23.2 Å². The summed E-state index contributed by atoms with van der Waals surface area (Å²) >= 11 is 0. The molecule has 1 aliphatic carbocycles. The van der Waals surface area contributed by atoms with Crippen LogP contribution in [0.3, 0.4) is 0 Å². The number of likely N-dealkylation sites (tertiary alicyclic amines) is 1. The maximum atomic E-state index is 6.08. The number of hydrogen-bond donors (Lipinski definition) is 1. The molecular weight excluding hydrogens is 258 g/mol. The fourth-order valence-electron chi connectivity index (χ4n) is 4.53. The van der Waals surface area contributed by atoms with Crippen molar-refractivity contribution in [3.63, 3.8) is 0 Å². The standard InChI is InChI=1S/C18H37N3/c1-18(2,3)16-7-6-15(11-19)17(10-16)21(5)13-14-8-9-20(4)12-14/h14-17H,6-13,19H2,1-5H3. The van der Waals surface area contributed by atoms with E-state index in [0.29, 0.717) is 17.4 Å². The molecule has 3 heteroatoms. The maximum Gasteiger partial charge on any atom is 0.0135 e. The van der Waals surface area contributed by atoms with Crippen LogP contribution in [0.5, 0.6) is 0 Å². The Morgan fingerprint density at radius 1 is 1.19 bits per heavy atom. The highest BCUT2D eigenvalue weighted by atomic mass is 15.2. The molecule has 2 aliphatic rings. The topological polar surface area (TPSA) is 32.5 Å². The highest BCUT2D eigenvalue weighted by Gasteiger charge is 2.37. The predicted molar refractivity (Wildman–Crippen MR) is 91.4 cm³/mol. The predicted octanol–water partition coefficient (Wildman–Crippen LogP) is 2.66. The average Bonchev–Trinajstić information content (AvgIpc) is 2.82. The number of nitrogens with two attached hydrogens (primary N) is 1. The third kappa shape index (κ3) is 4.43. The van der Waals surface area contributed by atoms with E-state index in [0.717, 1.165) is 18.4 Å². The zero-order chi connectivity index (χ0) is 15.6. The lowest BCUT2D eigenvalue weighted by atomic mass is 9.67. The van der Waals surface area contributed by atoms with Crippen LogP contribution < -0.4 is 5.73 Å². The molecule has 4 unspecified atom stereocenters. The molecule has 124 valence electrons. The van der Waals surface area contributed by atoms with E-state index in [1.54, 1.807) is 0 Å².